The molecule has 1 atom stereocenters. The van der Waals surface area contributed by atoms with E-state index in [1.807, 2.05) is 0 Å². The fourth-order valence-corrected chi connectivity index (χ4v) is 5.84. The Kier molecular flexibility index (Phi) is 5.92. The van der Waals surface area contributed by atoms with Gasteiger partial charge in [0, 0.05) is 17.5 Å². The van der Waals surface area contributed by atoms with E-state index in [1.165, 1.54) is 23.1 Å². The molecule has 10 heteroatoms. The van der Waals surface area contributed by atoms with E-state index in [4.69, 9.17) is 4.98 Å². The molecule has 1 N–H and O–H groups in total. The number of nitro groups is 1. The molecule has 0 spiro atoms. The summed E-state index contributed by atoms with van der Waals surface area (Å²) >= 11 is 2.70. The Labute approximate surface area is 186 Å². The molecular weight excluding hydrogens is 436 g/mol. The predicted octanol–water partition coefficient (Wildman–Crippen LogP) is 4.16. The maximum atomic E-state index is 13.2. The molecule has 0 fully saturated rings. The lowest BCUT2D eigenvalue weighted by molar-refractivity contribution is -0.383. The van der Waals surface area contributed by atoms with Crippen LogP contribution in [-0.2, 0) is 24.2 Å². The first-order valence-corrected chi connectivity index (χ1v) is 11.5. The van der Waals surface area contributed by atoms with Gasteiger partial charge in [-0.1, -0.05) is 30.0 Å². The molecule has 2 heterocycles. The van der Waals surface area contributed by atoms with Crippen LogP contribution < -0.4 is 10.9 Å². The van der Waals surface area contributed by atoms with Gasteiger partial charge in [0.1, 0.15) is 10.5 Å². The molecule has 4 rings (SSSR count). The number of anilines is 1. The first-order valence-electron chi connectivity index (χ1n) is 9.77. The molecule has 3 aromatic rings. The number of fused-ring (bicyclic) bond motifs is 3. The van der Waals surface area contributed by atoms with Crippen molar-refractivity contribution < 1.29 is 9.72 Å². The Morgan fingerprint density at radius 1 is 1.45 bits per heavy atom. The van der Waals surface area contributed by atoms with E-state index in [1.54, 1.807) is 35.0 Å². The maximum absolute atomic E-state index is 13.2. The average Bonchev–Trinajstić information content (AvgIpc) is 3.31. The molecule has 2 aromatic heterocycles. The monoisotopic (exact) mass is 456 g/mol. The van der Waals surface area contributed by atoms with Crippen molar-refractivity contribution in [2.75, 3.05) is 5.32 Å². The number of nitrogens with zero attached hydrogens (tertiary/aromatic N) is 3. The molecule has 0 radical (unpaired) electrons. The Balaban J connectivity index is 1.64. The molecule has 0 bridgehead atoms. The number of amides is 1. The summed E-state index contributed by atoms with van der Waals surface area (Å²) in [5.74, 6) is -0.410. The van der Waals surface area contributed by atoms with Crippen molar-refractivity contribution in [2.24, 2.45) is 0 Å². The minimum absolute atomic E-state index is 0.113. The second-order valence-corrected chi connectivity index (χ2v) is 9.55. The highest BCUT2D eigenvalue weighted by molar-refractivity contribution is 8.00. The number of rotatable bonds is 7. The van der Waals surface area contributed by atoms with E-state index in [0.29, 0.717) is 15.4 Å². The van der Waals surface area contributed by atoms with Crippen molar-refractivity contribution >= 4 is 50.6 Å². The first kappa shape index (κ1) is 21.3. The Hall–Kier alpha value is -2.98. The van der Waals surface area contributed by atoms with Gasteiger partial charge in [0.05, 0.1) is 15.6 Å². The van der Waals surface area contributed by atoms with Crippen molar-refractivity contribution in [1.82, 2.24) is 9.55 Å². The summed E-state index contributed by atoms with van der Waals surface area (Å²) in [6, 6.07) is 5.98. The molecule has 0 saturated carbocycles. The molecule has 31 heavy (non-hydrogen) atoms. The summed E-state index contributed by atoms with van der Waals surface area (Å²) in [4.78, 5) is 43.2. The van der Waals surface area contributed by atoms with Gasteiger partial charge in [0.25, 0.3) is 11.2 Å². The van der Waals surface area contributed by atoms with Crippen molar-refractivity contribution in [1.29, 1.82) is 0 Å². The Bertz CT molecular complexity index is 1260. The first-order chi connectivity index (χ1) is 14.9. The molecular formula is C21H20N4O4S2. The molecule has 160 valence electrons. The van der Waals surface area contributed by atoms with Crippen LogP contribution in [-0.4, -0.2) is 25.6 Å². The van der Waals surface area contributed by atoms with Crippen LogP contribution in [0.5, 0.6) is 0 Å². The van der Waals surface area contributed by atoms with Crippen molar-refractivity contribution in [2.45, 2.75) is 43.1 Å². The summed E-state index contributed by atoms with van der Waals surface area (Å²) in [5.41, 5.74) is 0.947. The second kappa shape index (κ2) is 8.64. The third-order valence-electron chi connectivity index (χ3n) is 5.11. The van der Waals surface area contributed by atoms with E-state index in [2.05, 4.69) is 11.9 Å². The normalized spacial score (nSPS) is 13.7. The number of thioether (sulfide) groups is 1. The number of para-hydroxylation sites is 2. The molecule has 8 nitrogen and oxygen atoms in total. The molecule has 1 aromatic carbocycles. The van der Waals surface area contributed by atoms with Crippen molar-refractivity contribution in [3.05, 3.63) is 67.8 Å². The number of carbonyl (C=O) groups is 1. The summed E-state index contributed by atoms with van der Waals surface area (Å²) in [6.45, 7) is 5.70. The minimum atomic E-state index is -0.632. The number of nitrogens with one attached hydrogen (secondary N) is 1. The van der Waals surface area contributed by atoms with E-state index >= 15 is 0 Å². The van der Waals surface area contributed by atoms with Crippen LogP contribution >= 0.6 is 23.1 Å². The van der Waals surface area contributed by atoms with Gasteiger partial charge in [-0.15, -0.1) is 17.9 Å². The topological polar surface area (TPSA) is 107 Å². The van der Waals surface area contributed by atoms with E-state index in [9.17, 15) is 19.7 Å². The number of benzene rings is 1. The van der Waals surface area contributed by atoms with Crippen LogP contribution in [0.2, 0.25) is 0 Å². The van der Waals surface area contributed by atoms with E-state index in [0.717, 1.165) is 36.6 Å². The van der Waals surface area contributed by atoms with Gasteiger partial charge < -0.3 is 5.32 Å². The SMILES string of the molecule is C=CCn1c(SC(C)C(=O)Nc2ccccc2[N+](=O)[O-])nc2sc3c(c2c1=O)CCC3. The third kappa shape index (κ3) is 4.00. The molecule has 0 saturated heterocycles. The number of nitro benzene ring substituents is 1. The largest absolute Gasteiger partial charge is 0.319 e. The second-order valence-electron chi connectivity index (χ2n) is 7.16. The average molecular weight is 457 g/mol. The van der Waals surface area contributed by atoms with Gasteiger partial charge in [0.2, 0.25) is 5.91 Å². The van der Waals surface area contributed by atoms with Crippen LogP contribution in [0.3, 0.4) is 0 Å². The Morgan fingerprint density at radius 3 is 2.97 bits per heavy atom. The Morgan fingerprint density at radius 2 is 2.23 bits per heavy atom. The molecule has 1 aliphatic carbocycles. The lowest BCUT2D eigenvalue weighted by Crippen LogP contribution is -2.27. The summed E-state index contributed by atoms with van der Waals surface area (Å²) < 4.78 is 1.54. The summed E-state index contributed by atoms with van der Waals surface area (Å²) in [6.07, 6.45) is 4.54. The fraction of sp³-hybridized carbons (Fsp3) is 0.286. The van der Waals surface area contributed by atoms with Gasteiger partial charge >= 0.3 is 0 Å². The number of allylic oxidation sites excluding steroid dienone is 1. The lowest BCUT2D eigenvalue weighted by Gasteiger charge is -2.15. The molecule has 1 unspecified atom stereocenters. The number of hydrogen-bond acceptors (Lipinski definition) is 7. The van der Waals surface area contributed by atoms with Gasteiger partial charge in [0.15, 0.2) is 5.16 Å². The van der Waals surface area contributed by atoms with Crippen molar-refractivity contribution in [3.63, 3.8) is 0 Å². The predicted molar refractivity (Wildman–Crippen MR) is 123 cm³/mol. The fourth-order valence-electron chi connectivity index (χ4n) is 3.62. The summed E-state index contributed by atoms with van der Waals surface area (Å²) in [7, 11) is 0. The maximum Gasteiger partial charge on any atom is 0.292 e. The van der Waals surface area contributed by atoms with Gasteiger partial charge in [-0.2, -0.15) is 0 Å². The molecule has 1 amide bonds. The van der Waals surface area contributed by atoms with Crippen LogP contribution in [0.1, 0.15) is 23.8 Å². The number of aromatic nitrogens is 2. The lowest BCUT2D eigenvalue weighted by atomic mass is 10.2. The highest BCUT2D eigenvalue weighted by atomic mass is 32.2. The highest BCUT2D eigenvalue weighted by Crippen LogP contribution is 2.36. The van der Waals surface area contributed by atoms with Gasteiger partial charge in [-0.3, -0.25) is 24.3 Å². The zero-order chi connectivity index (χ0) is 22.1. The quantitative estimate of drug-likeness (QED) is 0.188. The zero-order valence-corrected chi connectivity index (χ0v) is 18.4. The van der Waals surface area contributed by atoms with Gasteiger partial charge in [-0.05, 0) is 37.8 Å². The zero-order valence-electron chi connectivity index (χ0n) is 16.8. The van der Waals surface area contributed by atoms with Crippen molar-refractivity contribution in [3.8, 4) is 0 Å². The van der Waals surface area contributed by atoms with E-state index < -0.39 is 16.1 Å². The minimum Gasteiger partial charge on any atom is -0.319 e. The third-order valence-corrected chi connectivity index (χ3v) is 7.39. The highest BCUT2D eigenvalue weighted by Gasteiger charge is 2.25. The van der Waals surface area contributed by atoms with Crippen LogP contribution in [0, 0.1) is 10.1 Å². The van der Waals surface area contributed by atoms with Crippen LogP contribution in [0.15, 0.2) is 46.9 Å². The molecule has 0 aliphatic heterocycles. The van der Waals surface area contributed by atoms with Gasteiger partial charge in [-0.25, -0.2) is 4.98 Å². The van der Waals surface area contributed by atoms with E-state index in [-0.39, 0.29) is 23.5 Å². The number of aryl methyl sites for hydroxylation is 2. The number of hydrogen-bond donors (Lipinski definition) is 1. The standard InChI is InChI=1S/C21H20N4O4S2/c1-3-11-24-20(27)17-13-7-6-10-16(13)31-19(17)23-21(24)30-12(2)18(26)22-14-8-4-5-9-15(14)25(28)29/h3-5,8-9,12H,1,6-7,10-11H2,2H3,(H,22,26). The number of thiophene rings is 1. The van der Waals surface area contributed by atoms with Crippen LogP contribution in [0.25, 0.3) is 10.2 Å². The summed E-state index contributed by atoms with van der Waals surface area (Å²) in [5, 5.41) is 14.3. The molecule has 1 aliphatic rings. The van der Waals surface area contributed by atoms with Crippen LogP contribution in [0.4, 0.5) is 11.4 Å². The number of carbonyl (C=O) groups excluding carboxylic acids is 1. The smallest absolute Gasteiger partial charge is 0.292 e.